The minimum atomic E-state index is -0.479. The minimum Gasteiger partial charge on any atom is -0.494 e. The summed E-state index contributed by atoms with van der Waals surface area (Å²) in [6, 6.07) is 13.5. The molecule has 0 unspecified atom stereocenters. The van der Waals surface area contributed by atoms with E-state index in [4.69, 9.17) is 4.74 Å². The number of hydrogen-bond acceptors (Lipinski definition) is 4. The van der Waals surface area contributed by atoms with E-state index in [2.05, 4.69) is 10.1 Å². The summed E-state index contributed by atoms with van der Waals surface area (Å²) < 4.78 is 10.0. The third kappa shape index (κ3) is 3.85. The van der Waals surface area contributed by atoms with Crippen LogP contribution in [0, 0.1) is 0 Å². The lowest BCUT2D eigenvalue weighted by Gasteiger charge is -2.08. The molecule has 0 fully saturated rings. The number of amides is 1. The Morgan fingerprint density at radius 3 is 2.50 bits per heavy atom. The maximum absolute atomic E-state index is 12.2. The second-order valence-corrected chi connectivity index (χ2v) is 4.49. The van der Waals surface area contributed by atoms with Crippen molar-refractivity contribution in [2.45, 2.75) is 6.92 Å². The molecule has 0 saturated carbocycles. The number of rotatable bonds is 5. The van der Waals surface area contributed by atoms with E-state index in [1.54, 1.807) is 36.4 Å². The summed E-state index contributed by atoms with van der Waals surface area (Å²) in [5.41, 5.74) is 1.34. The van der Waals surface area contributed by atoms with Gasteiger partial charge >= 0.3 is 5.97 Å². The van der Waals surface area contributed by atoms with Crippen molar-refractivity contribution in [3.05, 3.63) is 59.7 Å². The van der Waals surface area contributed by atoms with E-state index in [1.807, 2.05) is 13.0 Å². The number of anilines is 1. The highest BCUT2D eigenvalue weighted by Gasteiger charge is 2.11. The zero-order valence-electron chi connectivity index (χ0n) is 12.5. The van der Waals surface area contributed by atoms with E-state index in [-0.39, 0.29) is 5.91 Å². The SMILES string of the molecule is CCOc1cccc(NC(=O)c2cccc(C(=O)OC)c2)c1. The van der Waals surface area contributed by atoms with Crippen LogP contribution in [0.15, 0.2) is 48.5 Å². The second kappa shape index (κ2) is 7.26. The maximum Gasteiger partial charge on any atom is 0.337 e. The molecule has 5 heteroatoms. The third-order valence-corrected chi connectivity index (χ3v) is 2.95. The molecular formula is C17H17NO4. The van der Waals surface area contributed by atoms with Crippen LogP contribution < -0.4 is 10.1 Å². The molecule has 0 atom stereocenters. The van der Waals surface area contributed by atoms with Crippen LogP contribution >= 0.6 is 0 Å². The van der Waals surface area contributed by atoms with Crippen LogP contribution in [0.4, 0.5) is 5.69 Å². The molecule has 114 valence electrons. The van der Waals surface area contributed by atoms with Gasteiger partial charge in [-0.15, -0.1) is 0 Å². The van der Waals surface area contributed by atoms with Gasteiger partial charge in [-0.05, 0) is 37.3 Å². The van der Waals surface area contributed by atoms with E-state index in [1.165, 1.54) is 13.2 Å². The van der Waals surface area contributed by atoms with Crippen molar-refractivity contribution in [1.29, 1.82) is 0 Å². The number of carbonyl (C=O) groups excluding carboxylic acids is 2. The number of ether oxygens (including phenoxy) is 2. The minimum absolute atomic E-state index is 0.306. The molecule has 2 rings (SSSR count). The first kappa shape index (κ1) is 15.6. The number of esters is 1. The first-order chi connectivity index (χ1) is 10.6. The first-order valence-corrected chi connectivity index (χ1v) is 6.86. The fourth-order valence-electron chi connectivity index (χ4n) is 1.94. The molecule has 0 bridgehead atoms. The Labute approximate surface area is 128 Å². The van der Waals surface area contributed by atoms with Gasteiger partial charge in [-0.25, -0.2) is 4.79 Å². The zero-order valence-corrected chi connectivity index (χ0v) is 12.5. The zero-order chi connectivity index (χ0) is 15.9. The van der Waals surface area contributed by atoms with Crippen LogP contribution in [-0.4, -0.2) is 25.6 Å². The standard InChI is InChI=1S/C17H17NO4/c1-3-22-15-9-5-8-14(11-15)18-16(19)12-6-4-7-13(10-12)17(20)21-2/h4-11H,3H2,1-2H3,(H,18,19). The van der Waals surface area contributed by atoms with E-state index in [0.29, 0.717) is 29.2 Å². The fourth-order valence-corrected chi connectivity index (χ4v) is 1.94. The predicted molar refractivity (Wildman–Crippen MR) is 83.3 cm³/mol. The summed E-state index contributed by atoms with van der Waals surface area (Å²) >= 11 is 0. The molecule has 0 aliphatic rings. The fraction of sp³-hybridized carbons (Fsp3) is 0.176. The lowest BCUT2D eigenvalue weighted by atomic mass is 10.1. The third-order valence-electron chi connectivity index (χ3n) is 2.95. The number of benzene rings is 2. The van der Waals surface area contributed by atoms with Crippen molar-refractivity contribution < 1.29 is 19.1 Å². The van der Waals surface area contributed by atoms with Crippen molar-refractivity contribution in [1.82, 2.24) is 0 Å². The molecule has 2 aromatic carbocycles. The summed E-state index contributed by atoms with van der Waals surface area (Å²) in [5.74, 6) is -0.101. The Morgan fingerprint density at radius 1 is 1.05 bits per heavy atom. The van der Waals surface area contributed by atoms with E-state index in [9.17, 15) is 9.59 Å². The lowest BCUT2D eigenvalue weighted by Crippen LogP contribution is -2.13. The van der Waals surface area contributed by atoms with Gasteiger partial charge in [-0.3, -0.25) is 4.79 Å². The van der Waals surface area contributed by atoms with Gasteiger partial charge in [0.2, 0.25) is 0 Å². The molecule has 0 aromatic heterocycles. The van der Waals surface area contributed by atoms with Gasteiger partial charge in [0.1, 0.15) is 5.75 Å². The van der Waals surface area contributed by atoms with Gasteiger partial charge in [-0.2, -0.15) is 0 Å². The summed E-state index contributed by atoms with van der Waals surface area (Å²) in [4.78, 5) is 23.7. The maximum atomic E-state index is 12.2. The lowest BCUT2D eigenvalue weighted by molar-refractivity contribution is 0.0600. The average Bonchev–Trinajstić information content (AvgIpc) is 2.55. The van der Waals surface area contributed by atoms with E-state index >= 15 is 0 Å². The van der Waals surface area contributed by atoms with Crippen LogP contribution in [0.3, 0.4) is 0 Å². The Balaban J connectivity index is 2.15. The normalized spacial score (nSPS) is 9.91. The quantitative estimate of drug-likeness (QED) is 0.862. The highest BCUT2D eigenvalue weighted by Crippen LogP contribution is 2.18. The van der Waals surface area contributed by atoms with Gasteiger partial charge < -0.3 is 14.8 Å². The van der Waals surface area contributed by atoms with Crippen molar-refractivity contribution in [3.63, 3.8) is 0 Å². The van der Waals surface area contributed by atoms with E-state index in [0.717, 1.165) is 0 Å². The summed E-state index contributed by atoms with van der Waals surface area (Å²) in [5, 5.41) is 2.77. The van der Waals surface area contributed by atoms with Crippen molar-refractivity contribution in [2.75, 3.05) is 19.0 Å². The number of methoxy groups -OCH3 is 1. The summed E-state index contributed by atoms with van der Waals surface area (Å²) in [6.45, 7) is 2.45. The second-order valence-electron chi connectivity index (χ2n) is 4.49. The predicted octanol–water partition coefficient (Wildman–Crippen LogP) is 3.12. The number of hydrogen-bond donors (Lipinski definition) is 1. The Hall–Kier alpha value is -2.82. The summed E-state index contributed by atoms with van der Waals surface area (Å²) in [7, 11) is 1.30. The van der Waals surface area contributed by atoms with Gasteiger partial charge in [0.05, 0.1) is 19.3 Å². The smallest absolute Gasteiger partial charge is 0.337 e. The summed E-state index contributed by atoms with van der Waals surface area (Å²) in [6.07, 6.45) is 0. The van der Waals surface area contributed by atoms with E-state index < -0.39 is 5.97 Å². The van der Waals surface area contributed by atoms with Gasteiger partial charge in [0, 0.05) is 17.3 Å². The van der Waals surface area contributed by atoms with Gasteiger partial charge in [0.15, 0.2) is 0 Å². The topological polar surface area (TPSA) is 64.6 Å². The van der Waals surface area contributed by atoms with Crippen molar-refractivity contribution in [2.24, 2.45) is 0 Å². The first-order valence-electron chi connectivity index (χ1n) is 6.86. The van der Waals surface area contributed by atoms with Crippen molar-refractivity contribution in [3.8, 4) is 5.75 Å². The van der Waals surface area contributed by atoms with Crippen LogP contribution in [0.1, 0.15) is 27.6 Å². The van der Waals surface area contributed by atoms with Crippen LogP contribution in [0.2, 0.25) is 0 Å². The molecule has 1 N–H and O–H groups in total. The molecule has 0 spiro atoms. The molecule has 0 saturated heterocycles. The Morgan fingerprint density at radius 2 is 1.77 bits per heavy atom. The molecule has 2 aromatic rings. The van der Waals surface area contributed by atoms with Gasteiger partial charge in [-0.1, -0.05) is 12.1 Å². The average molecular weight is 299 g/mol. The Kier molecular flexibility index (Phi) is 5.14. The highest BCUT2D eigenvalue weighted by molar-refractivity contribution is 6.05. The van der Waals surface area contributed by atoms with Crippen molar-refractivity contribution >= 4 is 17.6 Å². The molecule has 0 aliphatic carbocycles. The molecular weight excluding hydrogens is 282 g/mol. The molecule has 5 nitrogen and oxygen atoms in total. The number of carbonyl (C=O) groups is 2. The monoisotopic (exact) mass is 299 g/mol. The van der Waals surface area contributed by atoms with Crippen LogP contribution in [0.25, 0.3) is 0 Å². The largest absolute Gasteiger partial charge is 0.494 e. The van der Waals surface area contributed by atoms with Crippen LogP contribution in [-0.2, 0) is 4.74 Å². The molecule has 22 heavy (non-hydrogen) atoms. The highest BCUT2D eigenvalue weighted by atomic mass is 16.5. The van der Waals surface area contributed by atoms with Gasteiger partial charge in [0.25, 0.3) is 5.91 Å². The molecule has 0 aliphatic heterocycles. The Bertz CT molecular complexity index is 682. The molecule has 0 heterocycles. The molecule has 0 radical (unpaired) electrons. The van der Waals surface area contributed by atoms with Crippen LogP contribution in [0.5, 0.6) is 5.75 Å². The molecule has 1 amide bonds. The number of nitrogens with one attached hydrogen (secondary N) is 1.